The second kappa shape index (κ2) is 4.20. The third kappa shape index (κ3) is 3.08. The first-order chi connectivity index (χ1) is 6.05. The fourth-order valence-corrected chi connectivity index (χ4v) is 1.36. The van der Waals surface area contributed by atoms with Crippen LogP contribution in [-0.2, 0) is 14.3 Å². The van der Waals surface area contributed by atoms with Crippen LogP contribution in [0.15, 0.2) is 0 Å². The Kier molecular flexibility index (Phi) is 3.45. The van der Waals surface area contributed by atoms with E-state index in [1.165, 1.54) is 0 Å². The van der Waals surface area contributed by atoms with Crippen LogP contribution in [0.1, 0.15) is 40.0 Å². The monoisotopic (exact) mass is 186 g/mol. The molecule has 1 atom stereocenters. The molecule has 3 heteroatoms. The summed E-state index contributed by atoms with van der Waals surface area (Å²) < 4.78 is 10.7. The van der Waals surface area contributed by atoms with Crippen molar-refractivity contribution in [2.45, 2.75) is 51.9 Å². The van der Waals surface area contributed by atoms with Gasteiger partial charge in [0, 0.05) is 6.42 Å². The second-order valence-electron chi connectivity index (χ2n) is 3.89. The Balaban J connectivity index is 2.33. The van der Waals surface area contributed by atoms with Crippen molar-refractivity contribution >= 4 is 5.78 Å². The summed E-state index contributed by atoms with van der Waals surface area (Å²) in [4.78, 5) is 11.5. The first-order valence-electron chi connectivity index (χ1n) is 4.89. The average molecular weight is 186 g/mol. The van der Waals surface area contributed by atoms with E-state index in [4.69, 9.17) is 9.47 Å². The minimum atomic E-state index is -0.577. The molecular weight excluding hydrogens is 168 g/mol. The van der Waals surface area contributed by atoms with Gasteiger partial charge >= 0.3 is 0 Å². The third-order valence-electron chi connectivity index (χ3n) is 2.14. The zero-order chi connectivity index (χ0) is 9.90. The van der Waals surface area contributed by atoms with Crippen molar-refractivity contribution in [3.05, 3.63) is 0 Å². The molecule has 3 nitrogen and oxygen atoms in total. The maximum absolute atomic E-state index is 11.5. The van der Waals surface area contributed by atoms with Gasteiger partial charge < -0.3 is 9.47 Å². The lowest BCUT2D eigenvalue weighted by molar-refractivity contribution is -0.152. The van der Waals surface area contributed by atoms with Crippen molar-refractivity contribution < 1.29 is 14.3 Å². The Morgan fingerprint density at radius 1 is 1.54 bits per heavy atom. The predicted molar refractivity (Wildman–Crippen MR) is 49.4 cm³/mol. The Bertz CT molecular complexity index is 187. The summed E-state index contributed by atoms with van der Waals surface area (Å²) in [6, 6.07) is 0. The van der Waals surface area contributed by atoms with Crippen LogP contribution in [0.3, 0.4) is 0 Å². The van der Waals surface area contributed by atoms with E-state index in [1.807, 2.05) is 13.8 Å². The second-order valence-corrected chi connectivity index (χ2v) is 3.89. The molecule has 0 aliphatic carbocycles. The summed E-state index contributed by atoms with van der Waals surface area (Å²) in [6.07, 6.45) is 2.27. The average Bonchev–Trinajstić information content (AvgIpc) is 2.42. The molecule has 0 unspecified atom stereocenters. The molecule has 1 saturated heterocycles. The molecule has 0 N–H and O–H groups in total. The summed E-state index contributed by atoms with van der Waals surface area (Å²) in [5, 5.41) is 0. The number of carbonyl (C=O) groups is 1. The van der Waals surface area contributed by atoms with Crippen LogP contribution in [0.5, 0.6) is 0 Å². The number of carbonyl (C=O) groups excluding carboxylic acids is 1. The summed E-state index contributed by atoms with van der Waals surface area (Å²) in [5.74, 6) is -0.403. The van der Waals surface area contributed by atoms with E-state index in [0.717, 1.165) is 12.8 Å². The normalized spacial score (nSPS) is 26.2. The fraction of sp³-hybridized carbons (Fsp3) is 0.900. The van der Waals surface area contributed by atoms with Crippen molar-refractivity contribution in [1.29, 1.82) is 0 Å². The molecule has 1 aliphatic heterocycles. The molecule has 0 aromatic carbocycles. The highest BCUT2D eigenvalue weighted by molar-refractivity contribution is 5.83. The van der Waals surface area contributed by atoms with E-state index in [0.29, 0.717) is 13.0 Å². The van der Waals surface area contributed by atoms with E-state index in [2.05, 4.69) is 6.92 Å². The summed E-state index contributed by atoms with van der Waals surface area (Å²) in [6.45, 7) is 6.15. The van der Waals surface area contributed by atoms with E-state index < -0.39 is 5.79 Å². The number of hydrogen-bond donors (Lipinski definition) is 0. The highest BCUT2D eigenvalue weighted by atomic mass is 16.7. The highest BCUT2D eigenvalue weighted by Gasteiger charge is 2.36. The van der Waals surface area contributed by atoms with Crippen LogP contribution in [0, 0.1) is 0 Å². The van der Waals surface area contributed by atoms with Crippen LogP contribution < -0.4 is 0 Å². The van der Waals surface area contributed by atoms with Gasteiger partial charge in [0.1, 0.15) is 6.10 Å². The Morgan fingerprint density at radius 2 is 2.23 bits per heavy atom. The summed E-state index contributed by atoms with van der Waals surface area (Å²) in [5.41, 5.74) is 0. The molecule has 13 heavy (non-hydrogen) atoms. The molecule has 0 aromatic rings. The number of rotatable bonds is 4. The molecule has 0 bridgehead atoms. The number of Topliss-reactive ketones (excluding diaryl/α,β-unsaturated/α-hetero) is 1. The highest BCUT2D eigenvalue weighted by Crippen LogP contribution is 2.23. The quantitative estimate of drug-likeness (QED) is 0.672. The fourth-order valence-electron chi connectivity index (χ4n) is 1.36. The largest absolute Gasteiger partial charge is 0.347 e. The maximum atomic E-state index is 11.5. The van der Waals surface area contributed by atoms with Gasteiger partial charge in [-0.3, -0.25) is 4.79 Å². The van der Waals surface area contributed by atoms with E-state index in [-0.39, 0.29) is 11.9 Å². The van der Waals surface area contributed by atoms with Crippen LogP contribution >= 0.6 is 0 Å². The number of hydrogen-bond acceptors (Lipinski definition) is 3. The number of unbranched alkanes of at least 4 members (excludes halogenated alkanes) is 1. The van der Waals surface area contributed by atoms with Crippen molar-refractivity contribution in [2.75, 3.05) is 6.61 Å². The van der Waals surface area contributed by atoms with Gasteiger partial charge in [-0.1, -0.05) is 13.3 Å². The molecule has 1 fully saturated rings. The van der Waals surface area contributed by atoms with Gasteiger partial charge in [0.05, 0.1) is 6.61 Å². The summed E-state index contributed by atoms with van der Waals surface area (Å²) >= 11 is 0. The maximum Gasteiger partial charge on any atom is 0.164 e. The Hall–Kier alpha value is -0.410. The van der Waals surface area contributed by atoms with E-state index in [9.17, 15) is 4.79 Å². The van der Waals surface area contributed by atoms with Gasteiger partial charge in [0.15, 0.2) is 11.6 Å². The van der Waals surface area contributed by atoms with Crippen LogP contribution in [0.25, 0.3) is 0 Å². The first kappa shape index (κ1) is 10.7. The molecule has 0 radical (unpaired) electrons. The third-order valence-corrected chi connectivity index (χ3v) is 2.14. The molecule has 0 aromatic heterocycles. The predicted octanol–water partition coefficient (Wildman–Crippen LogP) is 1.90. The molecule has 0 amide bonds. The minimum absolute atomic E-state index is 0.174. The van der Waals surface area contributed by atoms with Crippen LogP contribution in [-0.4, -0.2) is 24.3 Å². The van der Waals surface area contributed by atoms with E-state index in [1.54, 1.807) is 0 Å². The number of ketones is 1. The van der Waals surface area contributed by atoms with Gasteiger partial charge in [0.2, 0.25) is 0 Å². The van der Waals surface area contributed by atoms with E-state index >= 15 is 0 Å². The molecule has 0 saturated carbocycles. The lowest BCUT2D eigenvalue weighted by atomic mass is 10.1. The van der Waals surface area contributed by atoms with Gasteiger partial charge in [-0.2, -0.15) is 0 Å². The van der Waals surface area contributed by atoms with Crippen molar-refractivity contribution in [3.63, 3.8) is 0 Å². The topological polar surface area (TPSA) is 35.5 Å². The zero-order valence-corrected chi connectivity index (χ0v) is 8.63. The molecule has 1 rings (SSSR count). The Morgan fingerprint density at radius 3 is 2.69 bits per heavy atom. The lowest BCUT2D eigenvalue weighted by Gasteiger charge is -2.16. The molecule has 1 heterocycles. The molecule has 76 valence electrons. The van der Waals surface area contributed by atoms with Crippen LogP contribution in [0.2, 0.25) is 0 Å². The molecule has 1 aliphatic rings. The Labute approximate surface area is 79.4 Å². The minimum Gasteiger partial charge on any atom is -0.347 e. The smallest absolute Gasteiger partial charge is 0.164 e. The first-order valence-corrected chi connectivity index (χ1v) is 4.89. The molecule has 0 spiro atoms. The SMILES string of the molecule is CCCCC(=O)[C@H]1COC(C)(C)O1. The van der Waals surface area contributed by atoms with Gasteiger partial charge in [0.25, 0.3) is 0 Å². The zero-order valence-electron chi connectivity index (χ0n) is 8.63. The van der Waals surface area contributed by atoms with Crippen molar-refractivity contribution in [2.24, 2.45) is 0 Å². The standard InChI is InChI=1S/C10H18O3/c1-4-5-6-8(11)9-7-12-10(2,3)13-9/h9H,4-7H2,1-3H3/t9-/m1/s1. The van der Waals surface area contributed by atoms with Gasteiger partial charge in [-0.05, 0) is 20.3 Å². The number of ether oxygens (including phenoxy) is 2. The lowest BCUT2D eigenvalue weighted by Crippen LogP contribution is -2.26. The molecular formula is C10H18O3. The van der Waals surface area contributed by atoms with Crippen molar-refractivity contribution in [1.82, 2.24) is 0 Å². The summed E-state index contributed by atoms with van der Waals surface area (Å²) in [7, 11) is 0. The van der Waals surface area contributed by atoms with Crippen LogP contribution in [0.4, 0.5) is 0 Å². The van der Waals surface area contributed by atoms with Crippen molar-refractivity contribution in [3.8, 4) is 0 Å². The van der Waals surface area contributed by atoms with Gasteiger partial charge in [-0.15, -0.1) is 0 Å². The van der Waals surface area contributed by atoms with Gasteiger partial charge in [-0.25, -0.2) is 0 Å².